The molecule has 2 rings (SSSR count). The lowest BCUT2D eigenvalue weighted by Gasteiger charge is -2.22. The first-order valence-corrected chi connectivity index (χ1v) is 10.3. The van der Waals surface area contributed by atoms with Gasteiger partial charge in [-0.15, -0.1) is 0 Å². The van der Waals surface area contributed by atoms with Crippen LogP contribution in [0.25, 0.3) is 0 Å². The number of hydrogen-bond acceptors (Lipinski definition) is 3. The van der Waals surface area contributed by atoms with Gasteiger partial charge in [-0.2, -0.15) is 0 Å². The van der Waals surface area contributed by atoms with E-state index in [-0.39, 0.29) is 5.91 Å². The fraction of sp³-hybridized carbons (Fsp3) is 0.417. The largest absolute Gasteiger partial charge is 0.462 e. The first-order valence-electron chi connectivity index (χ1n) is 10.3. The molecule has 0 fully saturated rings. The van der Waals surface area contributed by atoms with Crippen LogP contribution in [0.1, 0.15) is 73.1 Å². The van der Waals surface area contributed by atoms with E-state index >= 15 is 0 Å². The monoisotopic (exact) mass is 381 g/mol. The molecule has 0 heterocycles. The fourth-order valence-electron chi connectivity index (χ4n) is 3.17. The van der Waals surface area contributed by atoms with Crippen LogP contribution in [0.5, 0.6) is 0 Å². The van der Waals surface area contributed by atoms with Crippen LogP contribution >= 0.6 is 0 Å². The lowest BCUT2D eigenvalue weighted by Crippen LogP contribution is -2.32. The van der Waals surface area contributed by atoms with Crippen molar-refractivity contribution in [3.05, 3.63) is 65.7 Å². The Morgan fingerprint density at radius 3 is 2.07 bits per heavy atom. The Morgan fingerprint density at radius 1 is 0.786 bits per heavy atom. The van der Waals surface area contributed by atoms with Crippen LogP contribution in [0, 0.1) is 0 Å². The van der Waals surface area contributed by atoms with Crippen molar-refractivity contribution in [3.8, 4) is 0 Å². The highest BCUT2D eigenvalue weighted by molar-refractivity contribution is 6.12. The van der Waals surface area contributed by atoms with E-state index in [4.69, 9.17) is 4.74 Å². The molecule has 0 atom stereocenters. The number of rotatable bonds is 11. The number of hydrogen-bond donors (Lipinski definition) is 0. The molecule has 0 saturated heterocycles. The zero-order valence-corrected chi connectivity index (χ0v) is 17.0. The van der Waals surface area contributed by atoms with Gasteiger partial charge in [-0.1, -0.05) is 69.4 Å². The van der Waals surface area contributed by atoms with Gasteiger partial charge in [-0.25, -0.2) is 4.79 Å². The van der Waals surface area contributed by atoms with Crippen LogP contribution in [0.15, 0.2) is 54.6 Å². The van der Waals surface area contributed by atoms with Crippen molar-refractivity contribution in [2.75, 3.05) is 18.1 Å². The third-order valence-electron chi connectivity index (χ3n) is 4.74. The van der Waals surface area contributed by atoms with E-state index in [0.717, 1.165) is 18.5 Å². The van der Waals surface area contributed by atoms with Gasteiger partial charge >= 0.3 is 5.97 Å². The molecule has 0 radical (unpaired) electrons. The lowest BCUT2D eigenvalue weighted by molar-refractivity contribution is 0.0494. The Kier molecular flexibility index (Phi) is 9.26. The summed E-state index contributed by atoms with van der Waals surface area (Å²) in [4.78, 5) is 27.3. The summed E-state index contributed by atoms with van der Waals surface area (Å²) in [5.74, 6) is -0.623. The number of para-hydroxylation sites is 1. The number of carbonyl (C=O) groups is 2. The molecular weight excluding hydrogens is 350 g/mol. The van der Waals surface area contributed by atoms with E-state index in [1.165, 1.54) is 25.7 Å². The summed E-state index contributed by atoms with van der Waals surface area (Å²) in [6.07, 6.45) is 6.79. The molecule has 4 heteroatoms. The van der Waals surface area contributed by atoms with E-state index in [0.29, 0.717) is 24.3 Å². The molecule has 0 unspecified atom stereocenters. The molecule has 1 amide bonds. The van der Waals surface area contributed by atoms with Crippen LogP contribution < -0.4 is 4.90 Å². The van der Waals surface area contributed by atoms with E-state index in [2.05, 4.69) is 6.92 Å². The maximum atomic E-state index is 13.1. The summed E-state index contributed by atoms with van der Waals surface area (Å²) in [6, 6.07) is 16.4. The molecule has 0 spiro atoms. The van der Waals surface area contributed by atoms with Crippen molar-refractivity contribution < 1.29 is 14.3 Å². The van der Waals surface area contributed by atoms with E-state index in [1.54, 1.807) is 29.2 Å². The second-order valence-corrected chi connectivity index (χ2v) is 6.83. The third kappa shape index (κ3) is 6.22. The zero-order valence-electron chi connectivity index (χ0n) is 17.0. The molecule has 0 aliphatic rings. The van der Waals surface area contributed by atoms with Gasteiger partial charge in [0, 0.05) is 12.2 Å². The first kappa shape index (κ1) is 21.7. The number of anilines is 1. The highest BCUT2D eigenvalue weighted by Gasteiger charge is 2.22. The predicted octanol–water partition coefficient (Wildman–Crippen LogP) is 5.87. The van der Waals surface area contributed by atoms with Crippen molar-refractivity contribution in [3.63, 3.8) is 0 Å². The summed E-state index contributed by atoms with van der Waals surface area (Å²) in [6.45, 7) is 5.02. The van der Waals surface area contributed by atoms with Crippen LogP contribution in [0.4, 0.5) is 5.69 Å². The molecule has 0 aromatic heterocycles. The number of ether oxygens (including phenoxy) is 1. The molecule has 0 saturated carbocycles. The van der Waals surface area contributed by atoms with Gasteiger partial charge in [-0.05, 0) is 37.6 Å². The molecule has 2 aromatic carbocycles. The average molecular weight is 382 g/mol. The van der Waals surface area contributed by atoms with Crippen LogP contribution in [0.2, 0.25) is 0 Å². The van der Waals surface area contributed by atoms with Gasteiger partial charge in [0.25, 0.3) is 5.91 Å². The standard InChI is InChI=1S/C24H31NO3/c1-3-5-6-7-8-14-19-28-24(27)22-18-13-12-17-21(22)23(26)25(4-2)20-15-10-9-11-16-20/h9-13,15-18H,3-8,14,19H2,1-2H3. The Labute approximate surface area is 168 Å². The predicted molar refractivity (Wildman–Crippen MR) is 114 cm³/mol. The summed E-state index contributed by atoms with van der Waals surface area (Å²) < 4.78 is 5.43. The molecule has 0 N–H and O–H groups in total. The normalized spacial score (nSPS) is 10.5. The smallest absolute Gasteiger partial charge is 0.338 e. The topological polar surface area (TPSA) is 46.6 Å². The number of unbranched alkanes of at least 4 members (excludes halogenated alkanes) is 5. The fourth-order valence-corrected chi connectivity index (χ4v) is 3.17. The molecular formula is C24H31NO3. The Morgan fingerprint density at radius 2 is 1.39 bits per heavy atom. The highest BCUT2D eigenvalue weighted by atomic mass is 16.5. The van der Waals surface area contributed by atoms with Gasteiger partial charge in [0.05, 0.1) is 17.7 Å². The molecule has 150 valence electrons. The number of carbonyl (C=O) groups excluding carboxylic acids is 2. The van der Waals surface area contributed by atoms with Crippen molar-refractivity contribution in [1.29, 1.82) is 0 Å². The minimum atomic E-state index is -0.429. The maximum absolute atomic E-state index is 13.1. The van der Waals surface area contributed by atoms with Crippen molar-refractivity contribution in [2.45, 2.75) is 52.4 Å². The Balaban J connectivity index is 2.01. The second kappa shape index (κ2) is 12.0. The summed E-state index contributed by atoms with van der Waals surface area (Å²) in [5.41, 5.74) is 1.51. The Hall–Kier alpha value is -2.62. The Bertz CT molecular complexity index is 743. The van der Waals surface area contributed by atoms with Crippen molar-refractivity contribution in [1.82, 2.24) is 0 Å². The van der Waals surface area contributed by atoms with E-state index in [9.17, 15) is 9.59 Å². The van der Waals surface area contributed by atoms with E-state index in [1.807, 2.05) is 37.3 Å². The molecule has 28 heavy (non-hydrogen) atoms. The molecule has 0 bridgehead atoms. The van der Waals surface area contributed by atoms with Gasteiger partial charge in [-0.3, -0.25) is 4.79 Å². The quantitative estimate of drug-likeness (QED) is 0.361. The minimum Gasteiger partial charge on any atom is -0.462 e. The zero-order chi connectivity index (χ0) is 20.2. The molecule has 2 aromatic rings. The van der Waals surface area contributed by atoms with Crippen LogP contribution in [0.3, 0.4) is 0 Å². The summed E-state index contributed by atoms with van der Waals surface area (Å²) in [5, 5.41) is 0. The molecule has 0 aliphatic carbocycles. The average Bonchev–Trinajstić information content (AvgIpc) is 2.74. The van der Waals surface area contributed by atoms with Gasteiger partial charge < -0.3 is 9.64 Å². The minimum absolute atomic E-state index is 0.194. The third-order valence-corrected chi connectivity index (χ3v) is 4.74. The number of amides is 1. The summed E-state index contributed by atoms with van der Waals surface area (Å²) >= 11 is 0. The summed E-state index contributed by atoms with van der Waals surface area (Å²) in [7, 11) is 0. The molecule has 0 aliphatic heterocycles. The van der Waals surface area contributed by atoms with Crippen LogP contribution in [-0.2, 0) is 4.74 Å². The number of esters is 1. The number of nitrogens with zero attached hydrogens (tertiary/aromatic N) is 1. The van der Waals surface area contributed by atoms with Crippen molar-refractivity contribution >= 4 is 17.6 Å². The number of benzene rings is 2. The second-order valence-electron chi connectivity index (χ2n) is 6.83. The van der Waals surface area contributed by atoms with Gasteiger partial charge in [0.1, 0.15) is 0 Å². The maximum Gasteiger partial charge on any atom is 0.338 e. The van der Waals surface area contributed by atoms with Crippen molar-refractivity contribution in [2.24, 2.45) is 0 Å². The molecule has 4 nitrogen and oxygen atoms in total. The highest BCUT2D eigenvalue weighted by Crippen LogP contribution is 2.19. The SMILES string of the molecule is CCCCCCCCOC(=O)c1ccccc1C(=O)N(CC)c1ccccc1. The first-order chi connectivity index (χ1) is 13.7. The lowest BCUT2D eigenvalue weighted by atomic mass is 10.1. The van der Waals surface area contributed by atoms with E-state index < -0.39 is 5.97 Å². The van der Waals surface area contributed by atoms with Gasteiger partial charge in [0.2, 0.25) is 0 Å². The van der Waals surface area contributed by atoms with Crippen LogP contribution in [-0.4, -0.2) is 25.0 Å². The van der Waals surface area contributed by atoms with Gasteiger partial charge in [0.15, 0.2) is 0 Å².